The predicted octanol–water partition coefficient (Wildman–Crippen LogP) is 6.88. The summed E-state index contributed by atoms with van der Waals surface area (Å²) >= 11 is 0. The molecule has 26 heavy (non-hydrogen) atoms. The molecule has 2 nitrogen and oxygen atoms in total. The minimum absolute atomic E-state index is 0.211. The van der Waals surface area contributed by atoms with Crippen LogP contribution in [0.5, 0.6) is 5.75 Å². The largest absolute Gasteiger partial charge is 0.573 e. The van der Waals surface area contributed by atoms with Crippen LogP contribution in [0, 0.1) is 5.92 Å². The molecule has 0 amide bonds. The highest BCUT2D eigenvalue weighted by Gasteiger charge is 2.30. The molecule has 0 aliphatic rings. The third-order valence-electron chi connectivity index (χ3n) is 4.29. The number of nitrogens with one attached hydrogen (secondary N) is 1. The van der Waals surface area contributed by atoms with Crippen molar-refractivity contribution in [3.63, 3.8) is 0 Å². The quantitative estimate of drug-likeness (QED) is 0.489. The number of benzene rings is 2. The maximum atomic E-state index is 12.2. The second kappa shape index (κ2) is 9.51. The van der Waals surface area contributed by atoms with Crippen LogP contribution in [0.15, 0.2) is 48.5 Å². The van der Waals surface area contributed by atoms with E-state index in [-0.39, 0.29) is 5.75 Å². The highest BCUT2D eigenvalue weighted by Crippen LogP contribution is 2.27. The molecule has 0 radical (unpaired) electrons. The summed E-state index contributed by atoms with van der Waals surface area (Å²) in [5.41, 5.74) is 2.85. The molecule has 1 unspecified atom stereocenters. The molecule has 1 atom stereocenters. The van der Waals surface area contributed by atoms with Gasteiger partial charge in [-0.15, -0.1) is 13.2 Å². The van der Waals surface area contributed by atoms with Crippen LogP contribution in [0.3, 0.4) is 0 Å². The molecule has 0 aromatic heterocycles. The lowest BCUT2D eigenvalue weighted by Crippen LogP contribution is -2.16. The fourth-order valence-electron chi connectivity index (χ4n) is 2.95. The Morgan fingerprint density at radius 3 is 2.04 bits per heavy atom. The maximum Gasteiger partial charge on any atom is 0.573 e. The topological polar surface area (TPSA) is 21.3 Å². The van der Waals surface area contributed by atoms with Gasteiger partial charge in [0.2, 0.25) is 0 Å². The fraction of sp³-hybridized carbons (Fsp3) is 0.429. The average Bonchev–Trinajstić information content (AvgIpc) is 2.59. The van der Waals surface area contributed by atoms with E-state index < -0.39 is 6.36 Å². The minimum atomic E-state index is -4.66. The lowest BCUT2D eigenvalue weighted by molar-refractivity contribution is -0.274. The highest BCUT2D eigenvalue weighted by molar-refractivity contribution is 5.66. The molecule has 1 N–H and O–H groups in total. The first-order valence-corrected chi connectivity index (χ1v) is 9.07. The third kappa shape index (κ3) is 6.98. The molecule has 0 bridgehead atoms. The zero-order valence-corrected chi connectivity index (χ0v) is 15.3. The second-order valence-corrected chi connectivity index (χ2v) is 6.61. The van der Waals surface area contributed by atoms with E-state index in [1.54, 1.807) is 12.1 Å². The Bertz CT molecular complexity index is 650. The molecule has 2 rings (SSSR count). The molecule has 0 heterocycles. The molecule has 0 saturated carbocycles. The molecule has 0 aliphatic carbocycles. The molecule has 142 valence electrons. The van der Waals surface area contributed by atoms with Crippen molar-refractivity contribution in [3.8, 4) is 16.9 Å². The van der Waals surface area contributed by atoms with E-state index in [9.17, 15) is 13.2 Å². The first-order chi connectivity index (χ1) is 12.4. The Balaban J connectivity index is 1.85. The van der Waals surface area contributed by atoms with E-state index in [0.717, 1.165) is 35.7 Å². The van der Waals surface area contributed by atoms with E-state index in [2.05, 4.69) is 23.9 Å². The monoisotopic (exact) mass is 365 g/mol. The summed E-state index contributed by atoms with van der Waals surface area (Å²) in [5, 5.41) is 3.41. The summed E-state index contributed by atoms with van der Waals surface area (Å²) < 4.78 is 40.5. The fourth-order valence-corrected chi connectivity index (χ4v) is 2.95. The third-order valence-corrected chi connectivity index (χ3v) is 4.29. The van der Waals surface area contributed by atoms with Crippen LogP contribution < -0.4 is 10.1 Å². The van der Waals surface area contributed by atoms with Gasteiger partial charge in [-0.2, -0.15) is 0 Å². The highest BCUT2D eigenvalue weighted by atomic mass is 19.4. The van der Waals surface area contributed by atoms with Crippen LogP contribution in [0.2, 0.25) is 0 Å². The number of alkyl halides is 3. The van der Waals surface area contributed by atoms with Crippen molar-refractivity contribution in [1.29, 1.82) is 0 Å². The van der Waals surface area contributed by atoms with Crippen molar-refractivity contribution >= 4 is 5.69 Å². The Morgan fingerprint density at radius 1 is 0.923 bits per heavy atom. The van der Waals surface area contributed by atoms with Crippen LogP contribution in [0.4, 0.5) is 18.9 Å². The summed E-state index contributed by atoms with van der Waals surface area (Å²) in [6, 6.07) is 13.8. The number of hydrogen-bond acceptors (Lipinski definition) is 2. The molecule has 0 spiro atoms. The number of halogens is 3. The van der Waals surface area contributed by atoms with E-state index in [0.29, 0.717) is 0 Å². The van der Waals surface area contributed by atoms with Crippen LogP contribution in [-0.2, 0) is 0 Å². The van der Waals surface area contributed by atoms with Crippen molar-refractivity contribution in [3.05, 3.63) is 48.5 Å². The molecule has 2 aromatic carbocycles. The van der Waals surface area contributed by atoms with Crippen molar-refractivity contribution in [1.82, 2.24) is 0 Å². The molecule has 2 aromatic rings. The molecular weight excluding hydrogens is 339 g/mol. The number of ether oxygens (including phenoxy) is 1. The number of rotatable bonds is 9. The van der Waals surface area contributed by atoms with Crippen LogP contribution in [0.25, 0.3) is 11.1 Å². The first-order valence-electron chi connectivity index (χ1n) is 9.07. The summed E-state index contributed by atoms with van der Waals surface area (Å²) in [6.07, 6.45) is 0.221. The standard InChI is InChI=1S/C21H26F3NO/c1-3-5-16(2)6-4-15-25-19-11-7-17(8-12-19)18-9-13-20(14-10-18)26-21(22,23)24/h7-14,16,25H,3-6,15H2,1-2H3. The normalized spacial score (nSPS) is 12.7. The van der Waals surface area contributed by atoms with Gasteiger partial charge in [0.1, 0.15) is 5.75 Å². The van der Waals surface area contributed by atoms with Gasteiger partial charge in [-0.05, 0) is 54.2 Å². The van der Waals surface area contributed by atoms with Crippen molar-refractivity contribution in [2.75, 3.05) is 11.9 Å². The Labute approximate surface area is 153 Å². The van der Waals surface area contributed by atoms with E-state index in [4.69, 9.17) is 0 Å². The minimum Gasteiger partial charge on any atom is -0.406 e. The van der Waals surface area contributed by atoms with Gasteiger partial charge in [0.15, 0.2) is 0 Å². The van der Waals surface area contributed by atoms with Crippen molar-refractivity contribution in [2.24, 2.45) is 5.92 Å². The Kier molecular flexibility index (Phi) is 7.37. The molecule has 0 fully saturated rings. The van der Waals surface area contributed by atoms with Gasteiger partial charge >= 0.3 is 6.36 Å². The van der Waals surface area contributed by atoms with Gasteiger partial charge in [0.25, 0.3) is 0 Å². The Morgan fingerprint density at radius 2 is 1.50 bits per heavy atom. The number of hydrogen-bond donors (Lipinski definition) is 1. The second-order valence-electron chi connectivity index (χ2n) is 6.61. The first kappa shape index (κ1) is 20.1. The van der Waals surface area contributed by atoms with E-state index >= 15 is 0 Å². The van der Waals surface area contributed by atoms with Gasteiger partial charge in [-0.3, -0.25) is 0 Å². The summed E-state index contributed by atoms with van der Waals surface area (Å²) in [4.78, 5) is 0. The van der Waals surface area contributed by atoms with Crippen molar-refractivity contribution in [2.45, 2.75) is 45.9 Å². The smallest absolute Gasteiger partial charge is 0.406 e. The van der Waals surface area contributed by atoms with Crippen LogP contribution >= 0.6 is 0 Å². The number of anilines is 1. The SMILES string of the molecule is CCCC(C)CCCNc1ccc(-c2ccc(OC(F)(F)F)cc2)cc1. The summed E-state index contributed by atoms with van der Waals surface area (Å²) in [6.45, 7) is 5.45. The molecule has 5 heteroatoms. The zero-order valence-electron chi connectivity index (χ0n) is 15.3. The summed E-state index contributed by atoms with van der Waals surface area (Å²) in [5.74, 6) is 0.560. The van der Waals surface area contributed by atoms with Gasteiger partial charge in [-0.1, -0.05) is 51.0 Å². The predicted molar refractivity (Wildman–Crippen MR) is 100 cm³/mol. The van der Waals surface area contributed by atoms with Crippen LogP contribution in [-0.4, -0.2) is 12.9 Å². The van der Waals surface area contributed by atoms with Crippen molar-refractivity contribution < 1.29 is 17.9 Å². The summed E-state index contributed by atoms with van der Waals surface area (Å²) in [7, 11) is 0. The maximum absolute atomic E-state index is 12.2. The van der Waals surface area contributed by atoms with Gasteiger partial charge in [-0.25, -0.2) is 0 Å². The molecular formula is C21H26F3NO. The van der Waals surface area contributed by atoms with Crippen LogP contribution in [0.1, 0.15) is 39.5 Å². The van der Waals surface area contributed by atoms with E-state index in [1.807, 2.05) is 24.3 Å². The van der Waals surface area contributed by atoms with Gasteiger partial charge in [0, 0.05) is 12.2 Å². The molecule has 0 saturated heterocycles. The Hall–Kier alpha value is -2.17. The van der Waals surface area contributed by atoms with Gasteiger partial charge in [0.05, 0.1) is 0 Å². The molecule has 0 aliphatic heterocycles. The lowest BCUT2D eigenvalue weighted by atomic mass is 10.0. The average molecular weight is 365 g/mol. The lowest BCUT2D eigenvalue weighted by Gasteiger charge is -2.12. The van der Waals surface area contributed by atoms with E-state index in [1.165, 1.54) is 31.4 Å². The zero-order chi connectivity index (χ0) is 19.0. The van der Waals surface area contributed by atoms with Gasteiger partial charge < -0.3 is 10.1 Å².